The number of fused-ring (bicyclic) bond motifs is 1. The summed E-state index contributed by atoms with van der Waals surface area (Å²) in [6, 6.07) is 3.50. The summed E-state index contributed by atoms with van der Waals surface area (Å²) in [5.41, 5.74) is 0.322. The van der Waals surface area contributed by atoms with E-state index in [0.717, 1.165) is 5.46 Å². The van der Waals surface area contributed by atoms with Gasteiger partial charge < -0.3 is 18.6 Å². The van der Waals surface area contributed by atoms with E-state index < -0.39 is 18.3 Å². The van der Waals surface area contributed by atoms with Crippen LogP contribution in [0.1, 0.15) is 27.7 Å². The SMILES string of the molecule is COc1cc2c(=O)n(C)cnc2cc1B1OC(C)(C)C(C)(C)O1. The molecule has 1 fully saturated rings. The lowest BCUT2D eigenvalue weighted by Crippen LogP contribution is -2.41. The summed E-state index contributed by atoms with van der Waals surface area (Å²) >= 11 is 0. The standard InChI is InChI=1S/C16H21BN2O4/c1-15(2)16(3,4)23-17(22-15)11-8-12-10(7-13(11)21-6)14(20)19(5)9-18-12/h7-9H,1-6H3. The monoisotopic (exact) mass is 316 g/mol. The zero-order chi connectivity index (χ0) is 17.0. The maximum Gasteiger partial charge on any atom is 0.498 e. The highest BCUT2D eigenvalue weighted by Gasteiger charge is 2.52. The lowest BCUT2D eigenvalue weighted by atomic mass is 9.78. The van der Waals surface area contributed by atoms with Gasteiger partial charge in [0, 0.05) is 12.5 Å². The Labute approximate surface area is 135 Å². The highest BCUT2D eigenvalue weighted by Crippen LogP contribution is 2.37. The van der Waals surface area contributed by atoms with Gasteiger partial charge in [0.25, 0.3) is 5.56 Å². The summed E-state index contributed by atoms with van der Waals surface area (Å²) < 4.78 is 19.1. The average molecular weight is 316 g/mol. The molecule has 0 saturated carbocycles. The number of benzene rings is 1. The van der Waals surface area contributed by atoms with Crippen LogP contribution in [0.25, 0.3) is 10.9 Å². The second-order valence-electron chi connectivity index (χ2n) is 6.86. The molecule has 1 aromatic heterocycles. The molecule has 1 aromatic carbocycles. The lowest BCUT2D eigenvalue weighted by molar-refractivity contribution is 0.00578. The predicted octanol–water partition coefficient (Wildman–Crippen LogP) is 1.24. The second-order valence-corrected chi connectivity index (χ2v) is 6.86. The van der Waals surface area contributed by atoms with Crippen molar-refractivity contribution in [2.45, 2.75) is 38.9 Å². The van der Waals surface area contributed by atoms with Crippen LogP contribution in [0.5, 0.6) is 5.75 Å². The van der Waals surface area contributed by atoms with Gasteiger partial charge in [0.15, 0.2) is 0 Å². The molecule has 0 bridgehead atoms. The number of hydrogen-bond acceptors (Lipinski definition) is 5. The first-order valence-corrected chi connectivity index (χ1v) is 7.55. The van der Waals surface area contributed by atoms with E-state index in [-0.39, 0.29) is 5.56 Å². The van der Waals surface area contributed by atoms with Gasteiger partial charge in [0.2, 0.25) is 0 Å². The number of aryl methyl sites for hydroxylation is 1. The highest BCUT2D eigenvalue weighted by atomic mass is 16.7. The molecule has 23 heavy (non-hydrogen) atoms. The molecule has 0 N–H and O–H groups in total. The first-order valence-electron chi connectivity index (χ1n) is 7.55. The van der Waals surface area contributed by atoms with Crippen LogP contribution < -0.4 is 15.8 Å². The van der Waals surface area contributed by atoms with Gasteiger partial charge in [-0.25, -0.2) is 4.98 Å². The van der Waals surface area contributed by atoms with E-state index in [2.05, 4.69) is 4.98 Å². The van der Waals surface area contributed by atoms with Crippen LogP contribution in [0.3, 0.4) is 0 Å². The summed E-state index contributed by atoms with van der Waals surface area (Å²) in [5.74, 6) is 0.557. The Morgan fingerprint density at radius 2 is 1.78 bits per heavy atom. The third-order valence-corrected chi connectivity index (χ3v) is 4.78. The molecule has 7 heteroatoms. The molecule has 122 valence electrons. The van der Waals surface area contributed by atoms with Crippen LogP contribution >= 0.6 is 0 Å². The van der Waals surface area contributed by atoms with Crippen molar-refractivity contribution >= 4 is 23.5 Å². The number of rotatable bonds is 2. The molecule has 2 aromatic rings. The van der Waals surface area contributed by atoms with E-state index in [0.29, 0.717) is 16.7 Å². The van der Waals surface area contributed by atoms with Crippen LogP contribution in [0.4, 0.5) is 0 Å². The Morgan fingerprint density at radius 3 is 2.35 bits per heavy atom. The van der Waals surface area contributed by atoms with Crippen molar-refractivity contribution in [3.63, 3.8) is 0 Å². The summed E-state index contributed by atoms with van der Waals surface area (Å²) in [5, 5.41) is 0.507. The lowest BCUT2D eigenvalue weighted by Gasteiger charge is -2.32. The molecule has 0 aliphatic carbocycles. The van der Waals surface area contributed by atoms with E-state index in [4.69, 9.17) is 14.0 Å². The Bertz CT molecular complexity index is 813. The molecule has 1 aliphatic rings. The Hall–Kier alpha value is -1.86. The third-order valence-electron chi connectivity index (χ3n) is 4.78. The van der Waals surface area contributed by atoms with Crippen LogP contribution in [0.2, 0.25) is 0 Å². The van der Waals surface area contributed by atoms with Gasteiger partial charge in [-0.1, -0.05) is 0 Å². The van der Waals surface area contributed by atoms with Crippen molar-refractivity contribution in [2.24, 2.45) is 7.05 Å². The van der Waals surface area contributed by atoms with Crippen molar-refractivity contribution in [1.29, 1.82) is 0 Å². The Balaban J connectivity index is 2.15. The normalized spacial score (nSPS) is 19.3. The predicted molar refractivity (Wildman–Crippen MR) is 89.3 cm³/mol. The molecule has 3 rings (SSSR count). The molecule has 2 heterocycles. The van der Waals surface area contributed by atoms with Crippen LogP contribution in [-0.2, 0) is 16.4 Å². The number of ether oxygens (including phenoxy) is 1. The highest BCUT2D eigenvalue weighted by molar-refractivity contribution is 6.63. The number of aromatic nitrogens is 2. The number of methoxy groups -OCH3 is 1. The second kappa shape index (κ2) is 5.07. The smallest absolute Gasteiger partial charge is 0.497 e. The third kappa shape index (κ3) is 2.44. The van der Waals surface area contributed by atoms with E-state index in [1.54, 1.807) is 26.3 Å². The quantitative estimate of drug-likeness (QED) is 0.780. The fraction of sp³-hybridized carbons (Fsp3) is 0.500. The number of nitrogens with zero attached hydrogens (tertiary/aromatic N) is 2. The maximum absolute atomic E-state index is 12.2. The molecule has 1 aliphatic heterocycles. The minimum Gasteiger partial charge on any atom is -0.497 e. The van der Waals surface area contributed by atoms with Crippen molar-refractivity contribution in [1.82, 2.24) is 9.55 Å². The van der Waals surface area contributed by atoms with E-state index in [1.807, 2.05) is 27.7 Å². The molecule has 0 amide bonds. The van der Waals surface area contributed by atoms with Gasteiger partial charge in [-0.05, 0) is 39.8 Å². The van der Waals surface area contributed by atoms with Crippen LogP contribution in [0, 0.1) is 0 Å². The molecule has 0 spiro atoms. The average Bonchev–Trinajstić information content (AvgIpc) is 2.70. The summed E-state index contributed by atoms with van der Waals surface area (Å²) in [6.07, 6.45) is 1.51. The largest absolute Gasteiger partial charge is 0.498 e. The van der Waals surface area contributed by atoms with Crippen molar-refractivity contribution < 1.29 is 14.0 Å². The van der Waals surface area contributed by atoms with Crippen molar-refractivity contribution in [3.05, 3.63) is 28.8 Å². The maximum atomic E-state index is 12.2. The minimum atomic E-state index is -0.565. The molecular weight excluding hydrogens is 295 g/mol. The first-order chi connectivity index (χ1) is 10.7. The van der Waals surface area contributed by atoms with Gasteiger partial charge in [-0.2, -0.15) is 0 Å². The molecule has 1 saturated heterocycles. The Morgan fingerprint density at radius 1 is 1.17 bits per heavy atom. The molecule has 0 atom stereocenters. The van der Waals surface area contributed by atoms with Gasteiger partial charge in [-0.3, -0.25) is 4.79 Å². The van der Waals surface area contributed by atoms with E-state index in [1.165, 1.54) is 10.9 Å². The van der Waals surface area contributed by atoms with Gasteiger partial charge >= 0.3 is 7.12 Å². The zero-order valence-corrected chi connectivity index (χ0v) is 14.3. The van der Waals surface area contributed by atoms with Crippen LogP contribution in [-0.4, -0.2) is 35.0 Å². The number of hydrogen-bond donors (Lipinski definition) is 0. The van der Waals surface area contributed by atoms with E-state index in [9.17, 15) is 4.79 Å². The van der Waals surface area contributed by atoms with Gasteiger partial charge in [0.05, 0.1) is 35.5 Å². The summed E-state index contributed by atoms with van der Waals surface area (Å²) in [6.45, 7) is 7.98. The summed E-state index contributed by atoms with van der Waals surface area (Å²) in [7, 11) is 2.67. The zero-order valence-electron chi connectivity index (χ0n) is 14.3. The molecular formula is C16H21BN2O4. The van der Waals surface area contributed by atoms with Crippen LogP contribution in [0.15, 0.2) is 23.3 Å². The Kier molecular flexibility index (Phi) is 3.53. The molecule has 6 nitrogen and oxygen atoms in total. The van der Waals surface area contributed by atoms with Crippen molar-refractivity contribution in [2.75, 3.05) is 7.11 Å². The minimum absolute atomic E-state index is 0.117. The topological polar surface area (TPSA) is 62.6 Å². The fourth-order valence-corrected chi connectivity index (χ4v) is 2.58. The fourth-order valence-electron chi connectivity index (χ4n) is 2.58. The summed E-state index contributed by atoms with van der Waals surface area (Å²) in [4.78, 5) is 16.6. The van der Waals surface area contributed by atoms with Gasteiger partial charge in [-0.15, -0.1) is 0 Å². The van der Waals surface area contributed by atoms with Crippen molar-refractivity contribution in [3.8, 4) is 5.75 Å². The van der Waals surface area contributed by atoms with E-state index >= 15 is 0 Å². The van der Waals surface area contributed by atoms with Gasteiger partial charge in [0.1, 0.15) is 5.75 Å². The molecule has 0 unspecified atom stereocenters. The molecule has 0 radical (unpaired) electrons. The first kappa shape index (κ1) is 16.0.